The maximum absolute atomic E-state index is 12.2. The van der Waals surface area contributed by atoms with Crippen LogP contribution in [-0.4, -0.2) is 36.4 Å². The summed E-state index contributed by atoms with van der Waals surface area (Å²) < 4.78 is 1.89. The number of aromatic nitrogens is 5. The number of hydrogen-bond donors (Lipinski definition) is 1. The highest BCUT2D eigenvalue weighted by molar-refractivity contribution is 7.99. The van der Waals surface area contributed by atoms with E-state index in [0.29, 0.717) is 23.2 Å². The molecule has 26 heavy (non-hydrogen) atoms. The molecule has 0 saturated carbocycles. The minimum atomic E-state index is -0.207. The third-order valence-electron chi connectivity index (χ3n) is 3.31. The molecular weight excluding hydrogens is 372 g/mol. The molecule has 0 spiro atoms. The van der Waals surface area contributed by atoms with E-state index in [-0.39, 0.29) is 16.8 Å². The van der Waals surface area contributed by atoms with Gasteiger partial charge in [0.2, 0.25) is 5.91 Å². The van der Waals surface area contributed by atoms with E-state index in [0.717, 1.165) is 5.56 Å². The summed E-state index contributed by atoms with van der Waals surface area (Å²) in [5, 5.41) is 12.0. The lowest BCUT2D eigenvalue weighted by molar-refractivity contribution is -0.113. The van der Waals surface area contributed by atoms with E-state index in [2.05, 4.69) is 32.1 Å². The minimum Gasteiger partial charge on any atom is -0.323 e. The van der Waals surface area contributed by atoms with Crippen LogP contribution in [0.1, 0.15) is 0 Å². The van der Waals surface area contributed by atoms with E-state index in [9.17, 15) is 4.79 Å². The van der Waals surface area contributed by atoms with Crippen LogP contribution in [0.2, 0.25) is 5.15 Å². The molecule has 0 aliphatic rings. The second-order valence-electron chi connectivity index (χ2n) is 5.13. The number of anilines is 1. The number of nitrogens with one attached hydrogen (secondary N) is 1. The molecule has 0 saturated heterocycles. The fraction of sp³-hybridized carbons (Fsp3) is 0.118. The van der Waals surface area contributed by atoms with Crippen LogP contribution in [0.15, 0.2) is 60.7 Å². The quantitative estimate of drug-likeness (QED) is 0.381. The first-order chi connectivity index (χ1) is 12.7. The van der Waals surface area contributed by atoms with Crippen molar-refractivity contribution in [1.82, 2.24) is 24.7 Å². The van der Waals surface area contributed by atoms with Gasteiger partial charge in [-0.3, -0.25) is 14.3 Å². The number of halogens is 1. The number of carbonyl (C=O) groups is 1. The van der Waals surface area contributed by atoms with Crippen molar-refractivity contribution in [1.29, 1.82) is 0 Å². The van der Waals surface area contributed by atoms with Crippen molar-refractivity contribution >= 4 is 35.0 Å². The zero-order valence-corrected chi connectivity index (χ0v) is 15.2. The lowest BCUT2D eigenvalue weighted by Gasteiger charge is -2.08. The van der Waals surface area contributed by atoms with Gasteiger partial charge in [-0.15, -0.1) is 16.8 Å². The second kappa shape index (κ2) is 8.59. The zero-order chi connectivity index (χ0) is 18.4. The standard InChI is InChI=1S/C17H15ClN6OS/c1-2-9-24-16(12-5-3-7-19-10-12)22-23-17(24)26-11-14(25)21-13-6-4-8-20-15(13)18/h2-8,10H,1,9,11H2,(H,21,25). The summed E-state index contributed by atoms with van der Waals surface area (Å²) in [4.78, 5) is 20.2. The third kappa shape index (κ3) is 4.27. The molecule has 3 aromatic rings. The summed E-state index contributed by atoms with van der Waals surface area (Å²) in [5.41, 5.74) is 1.32. The number of allylic oxidation sites excluding steroid dienone is 1. The Balaban J connectivity index is 1.72. The van der Waals surface area contributed by atoms with Crippen molar-refractivity contribution in [2.24, 2.45) is 0 Å². The molecule has 1 amide bonds. The van der Waals surface area contributed by atoms with E-state index in [1.54, 1.807) is 36.8 Å². The van der Waals surface area contributed by atoms with Gasteiger partial charge in [0.25, 0.3) is 0 Å². The van der Waals surface area contributed by atoms with E-state index < -0.39 is 0 Å². The molecule has 9 heteroatoms. The van der Waals surface area contributed by atoms with Crippen molar-refractivity contribution in [3.8, 4) is 11.4 Å². The molecule has 7 nitrogen and oxygen atoms in total. The van der Waals surface area contributed by atoms with Crippen molar-refractivity contribution in [3.63, 3.8) is 0 Å². The van der Waals surface area contributed by atoms with Gasteiger partial charge in [0.05, 0.1) is 11.4 Å². The van der Waals surface area contributed by atoms with Gasteiger partial charge in [-0.2, -0.15) is 0 Å². The van der Waals surface area contributed by atoms with Gasteiger partial charge >= 0.3 is 0 Å². The van der Waals surface area contributed by atoms with Gasteiger partial charge in [0, 0.05) is 30.7 Å². The molecule has 0 aromatic carbocycles. The summed E-state index contributed by atoms with van der Waals surface area (Å²) in [5.74, 6) is 0.630. The summed E-state index contributed by atoms with van der Waals surface area (Å²) in [6.45, 7) is 4.29. The molecule has 0 fully saturated rings. The van der Waals surface area contributed by atoms with Crippen LogP contribution in [0, 0.1) is 0 Å². The smallest absolute Gasteiger partial charge is 0.234 e. The number of pyridine rings is 2. The van der Waals surface area contributed by atoms with Crippen LogP contribution in [0.25, 0.3) is 11.4 Å². The number of carbonyl (C=O) groups excluding carboxylic acids is 1. The fourth-order valence-electron chi connectivity index (χ4n) is 2.19. The number of amides is 1. The van der Waals surface area contributed by atoms with E-state index >= 15 is 0 Å². The van der Waals surface area contributed by atoms with E-state index in [1.165, 1.54) is 11.8 Å². The molecule has 0 atom stereocenters. The zero-order valence-electron chi connectivity index (χ0n) is 13.7. The monoisotopic (exact) mass is 386 g/mol. The molecular formula is C17H15ClN6OS. The normalized spacial score (nSPS) is 10.5. The lowest BCUT2D eigenvalue weighted by atomic mass is 10.3. The Kier molecular flexibility index (Phi) is 5.98. The highest BCUT2D eigenvalue weighted by Gasteiger charge is 2.15. The van der Waals surface area contributed by atoms with Crippen LogP contribution < -0.4 is 5.32 Å². The van der Waals surface area contributed by atoms with Crippen molar-refractivity contribution in [2.45, 2.75) is 11.7 Å². The molecule has 0 aliphatic carbocycles. The summed E-state index contributed by atoms with van der Waals surface area (Å²) >= 11 is 7.23. The number of thioether (sulfide) groups is 1. The first-order valence-electron chi connectivity index (χ1n) is 7.66. The average Bonchev–Trinajstić information content (AvgIpc) is 3.06. The second-order valence-corrected chi connectivity index (χ2v) is 6.43. The molecule has 1 N–H and O–H groups in total. The minimum absolute atomic E-state index is 0.160. The van der Waals surface area contributed by atoms with Gasteiger partial charge in [0.1, 0.15) is 0 Å². The van der Waals surface area contributed by atoms with Gasteiger partial charge in [-0.25, -0.2) is 4.98 Å². The Morgan fingerprint density at radius 3 is 2.88 bits per heavy atom. The Hall–Kier alpha value is -2.71. The Bertz CT molecular complexity index is 915. The largest absolute Gasteiger partial charge is 0.323 e. The van der Waals surface area contributed by atoms with Gasteiger partial charge in [-0.1, -0.05) is 29.4 Å². The third-order valence-corrected chi connectivity index (χ3v) is 4.58. The molecule has 3 aromatic heterocycles. The van der Waals surface area contributed by atoms with Gasteiger partial charge in [0.15, 0.2) is 16.1 Å². The summed E-state index contributed by atoms with van der Waals surface area (Å²) in [6, 6.07) is 7.14. The Morgan fingerprint density at radius 2 is 2.15 bits per heavy atom. The number of hydrogen-bond acceptors (Lipinski definition) is 6. The fourth-order valence-corrected chi connectivity index (χ4v) is 3.11. The topological polar surface area (TPSA) is 85.6 Å². The predicted octanol–water partition coefficient (Wildman–Crippen LogP) is 3.31. The van der Waals surface area contributed by atoms with Gasteiger partial charge in [-0.05, 0) is 24.3 Å². The maximum Gasteiger partial charge on any atom is 0.234 e. The first-order valence-corrected chi connectivity index (χ1v) is 9.03. The van der Waals surface area contributed by atoms with Crippen LogP contribution in [0.5, 0.6) is 0 Å². The average molecular weight is 387 g/mol. The van der Waals surface area contributed by atoms with Crippen molar-refractivity contribution in [2.75, 3.05) is 11.1 Å². The Labute approximate surface area is 159 Å². The van der Waals surface area contributed by atoms with Crippen LogP contribution in [0.4, 0.5) is 5.69 Å². The van der Waals surface area contributed by atoms with Crippen molar-refractivity contribution in [3.05, 3.63) is 60.7 Å². The van der Waals surface area contributed by atoms with Crippen LogP contribution in [0.3, 0.4) is 0 Å². The lowest BCUT2D eigenvalue weighted by Crippen LogP contribution is -2.15. The highest BCUT2D eigenvalue weighted by Crippen LogP contribution is 2.24. The van der Waals surface area contributed by atoms with Gasteiger partial charge < -0.3 is 5.32 Å². The van der Waals surface area contributed by atoms with Crippen molar-refractivity contribution < 1.29 is 4.79 Å². The SMILES string of the molecule is C=CCn1c(SCC(=O)Nc2cccnc2Cl)nnc1-c1cccnc1. The molecule has 0 unspecified atom stereocenters. The number of nitrogens with zero attached hydrogens (tertiary/aromatic N) is 5. The number of rotatable bonds is 7. The van der Waals surface area contributed by atoms with E-state index in [1.807, 2.05) is 16.7 Å². The summed E-state index contributed by atoms with van der Waals surface area (Å²) in [6.07, 6.45) is 6.73. The molecule has 132 valence electrons. The molecule has 0 aliphatic heterocycles. The molecule has 0 radical (unpaired) electrons. The van der Waals surface area contributed by atoms with Crippen LogP contribution in [-0.2, 0) is 11.3 Å². The van der Waals surface area contributed by atoms with Crippen LogP contribution >= 0.6 is 23.4 Å². The molecule has 0 bridgehead atoms. The molecule has 3 rings (SSSR count). The molecule has 3 heterocycles. The highest BCUT2D eigenvalue weighted by atomic mass is 35.5. The maximum atomic E-state index is 12.2. The predicted molar refractivity (Wildman–Crippen MR) is 102 cm³/mol. The Morgan fingerprint density at radius 1 is 1.31 bits per heavy atom. The van der Waals surface area contributed by atoms with E-state index in [4.69, 9.17) is 11.6 Å². The summed E-state index contributed by atoms with van der Waals surface area (Å²) in [7, 11) is 0. The first kappa shape index (κ1) is 18.1.